The summed E-state index contributed by atoms with van der Waals surface area (Å²) < 4.78 is 36.7. The van der Waals surface area contributed by atoms with Crippen LogP contribution in [0.15, 0.2) is 41.4 Å². The maximum absolute atomic E-state index is 12.9. The molecule has 1 atom stereocenters. The standard InChI is InChI=1S/C26H35N5O6S/c1-7-20(25-19-14-22(36-4)23(37-5)15-21(19)29-26(25)33)28-17-8-10-18(11-9-17)31(38(6,34)35)16-24(32)27-12-13-30(2)3/h8-11,14-15,25H,7,12-13,16H2,1-6H3,(H,27,32)(H,29,33). The largest absolute Gasteiger partial charge is 0.493 e. The molecule has 1 unspecified atom stereocenters. The second-order valence-corrected chi connectivity index (χ2v) is 11.0. The van der Waals surface area contributed by atoms with E-state index < -0.39 is 21.8 Å². The first kappa shape index (κ1) is 28.9. The van der Waals surface area contributed by atoms with E-state index in [1.165, 1.54) is 14.2 Å². The average Bonchev–Trinajstić information content (AvgIpc) is 3.18. The first-order valence-electron chi connectivity index (χ1n) is 12.1. The Balaban J connectivity index is 1.85. The van der Waals surface area contributed by atoms with Crippen molar-refractivity contribution in [3.05, 3.63) is 42.0 Å². The number of hydrogen-bond donors (Lipinski definition) is 2. The number of fused-ring (bicyclic) bond motifs is 1. The van der Waals surface area contributed by atoms with Crippen molar-refractivity contribution in [1.82, 2.24) is 10.2 Å². The maximum Gasteiger partial charge on any atom is 0.240 e. The Bertz CT molecular complexity index is 1310. The molecule has 1 aliphatic heterocycles. The van der Waals surface area contributed by atoms with Crippen molar-refractivity contribution in [3.8, 4) is 11.5 Å². The third-order valence-electron chi connectivity index (χ3n) is 6.06. The molecule has 0 radical (unpaired) electrons. The van der Waals surface area contributed by atoms with Gasteiger partial charge in [0.05, 0.1) is 31.9 Å². The molecule has 0 bridgehead atoms. The second kappa shape index (κ2) is 12.3. The van der Waals surface area contributed by atoms with E-state index in [0.717, 1.165) is 16.1 Å². The lowest BCUT2D eigenvalue weighted by Gasteiger charge is -2.22. The molecular weight excluding hydrogens is 510 g/mol. The lowest BCUT2D eigenvalue weighted by atomic mass is 9.93. The number of amides is 2. The van der Waals surface area contributed by atoms with Crippen LogP contribution >= 0.6 is 0 Å². The van der Waals surface area contributed by atoms with Gasteiger partial charge in [0.2, 0.25) is 21.8 Å². The zero-order chi connectivity index (χ0) is 28.0. The van der Waals surface area contributed by atoms with Crippen LogP contribution in [0, 0.1) is 0 Å². The molecule has 0 aromatic heterocycles. The van der Waals surface area contributed by atoms with Crippen LogP contribution in [-0.4, -0.2) is 85.0 Å². The van der Waals surface area contributed by atoms with E-state index in [-0.39, 0.29) is 12.5 Å². The molecule has 0 saturated carbocycles. The molecule has 2 amide bonds. The van der Waals surface area contributed by atoms with Crippen molar-refractivity contribution >= 4 is 44.6 Å². The smallest absolute Gasteiger partial charge is 0.240 e. The van der Waals surface area contributed by atoms with E-state index in [0.29, 0.717) is 53.8 Å². The van der Waals surface area contributed by atoms with Gasteiger partial charge in [-0.15, -0.1) is 0 Å². The fourth-order valence-corrected chi connectivity index (χ4v) is 4.99. The number of sulfonamides is 1. The summed E-state index contributed by atoms with van der Waals surface area (Å²) in [6, 6.07) is 10.0. The molecule has 2 aromatic rings. The molecule has 11 nitrogen and oxygen atoms in total. The van der Waals surface area contributed by atoms with Crippen LogP contribution < -0.4 is 24.4 Å². The fraction of sp³-hybridized carbons (Fsp3) is 0.423. The SMILES string of the molecule is CCC(=Nc1ccc(N(CC(=O)NCCN(C)C)S(C)(=O)=O)cc1)C1C(=O)Nc2cc(OC)c(OC)cc21. The van der Waals surface area contributed by atoms with Crippen LogP contribution in [0.2, 0.25) is 0 Å². The molecule has 0 aliphatic carbocycles. The third-order valence-corrected chi connectivity index (χ3v) is 7.20. The van der Waals surface area contributed by atoms with Crippen LogP contribution in [0.3, 0.4) is 0 Å². The summed E-state index contributed by atoms with van der Waals surface area (Å²) in [7, 11) is 3.12. The number of nitrogens with zero attached hydrogens (tertiary/aromatic N) is 3. The van der Waals surface area contributed by atoms with Gasteiger partial charge < -0.3 is 25.0 Å². The van der Waals surface area contributed by atoms with Crippen LogP contribution in [0.25, 0.3) is 0 Å². The van der Waals surface area contributed by atoms with E-state index in [1.54, 1.807) is 36.4 Å². The van der Waals surface area contributed by atoms with Crippen molar-refractivity contribution in [3.63, 3.8) is 0 Å². The van der Waals surface area contributed by atoms with Gasteiger partial charge in [0, 0.05) is 30.6 Å². The Kier molecular flexibility index (Phi) is 9.34. The van der Waals surface area contributed by atoms with Crippen molar-refractivity contribution in [1.29, 1.82) is 0 Å². The Morgan fingerprint density at radius 3 is 2.29 bits per heavy atom. The lowest BCUT2D eigenvalue weighted by molar-refractivity contribution is -0.119. The van der Waals surface area contributed by atoms with Gasteiger partial charge in [-0.25, -0.2) is 8.42 Å². The average molecular weight is 546 g/mol. The molecule has 1 heterocycles. The Morgan fingerprint density at radius 1 is 1.11 bits per heavy atom. The van der Waals surface area contributed by atoms with Gasteiger partial charge in [-0.05, 0) is 56.4 Å². The Morgan fingerprint density at radius 2 is 1.74 bits per heavy atom. The zero-order valence-corrected chi connectivity index (χ0v) is 23.4. The van der Waals surface area contributed by atoms with E-state index >= 15 is 0 Å². The predicted octanol–water partition coefficient (Wildman–Crippen LogP) is 2.37. The minimum absolute atomic E-state index is 0.198. The Hall–Kier alpha value is -3.64. The van der Waals surface area contributed by atoms with Crippen molar-refractivity contribution in [2.75, 3.05) is 63.8 Å². The first-order chi connectivity index (χ1) is 18.0. The van der Waals surface area contributed by atoms with Gasteiger partial charge in [0.1, 0.15) is 12.5 Å². The van der Waals surface area contributed by atoms with Gasteiger partial charge in [0.15, 0.2) is 11.5 Å². The van der Waals surface area contributed by atoms with Gasteiger partial charge in [-0.3, -0.25) is 18.9 Å². The number of carbonyl (C=O) groups is 2. The molecule has 2 aromatic carbocycles. The predicted molar refractivity (Wildman–Crippen MR) is 148 cm³/mol. The lowest BCUT2D eigenvalue weighted by Crippen LogP contribution is -2.42. The normalized spacial score (nSPS) is 15.2. The number of hydrogen-bond acceptors (Lipinski definition) is 8. The maximum atomic E-state index is 12.9. The molecule has 38 heavy (non-hydrogen) atoms. The van der Waals surface area contributed by atoms with E-state index in [1.807, 2.05) is 25.9 Å². The monoisotopic (exact) mass is 545 g/mol. The summed E-state index contributed by atoms with van der Waals surface area (Å²) in [5.74, 6) is -0.173. The number of methoxy groups -OCH3 is 2. The number of nitrogens with one attached hydrogen (secondary N) is 2. The summed E-state index contributed by atoms with van der Waals surface area (Å²) in [6.07, 6.45) is 1.57. The third kappa shape index (κ3) is 6.81. The van der Waals surface area contributed by atoms with E-state index in [4.69, 9.17) is 14.5 Å². The topological polar surface area (TPSA) is 130 Å². The minimum atomic E-state index is -3.71. The van der Waals surface area contributed by atoms with Gasteiger partial charge in [-0.1, -0.05) is 6.92 Å². The zero-order valence-electron chi connectivity index (χ0n) is 22.6. The number of benzene rings is 2. The van der Waals surface area contributed by atoms with Crippen LogP contribution in [0.4, 0.5) is 17.1 Å². The number of aliphatic imine (C=N–C) groups is 1. The second-order valence-electron chi connectivity index (χ2n) is 9.11. The highest BCUT2D eigenvalue weighted by molar-refractivity contribution is 7.92. The number of likely N-dealkylation sites (N-methyl/N-ethyl adjacent to an activating group) is 1. The van der Waals surface area contributed by atoms with E-state index in [2.05, 4.69) is 10.6 Å². The number of rotatable bonds is 12. The number of ether oxygens (including phenoxy) is 2. The highest BCUT2D eigenvalue weighted by Crippen LogP contribution is 2.42. The summed E-state index contributed by atoms with van der Waals surface area (Å²) in [4.78, 5) is 31.9. The summed E-state index contributed by atoms with van der Waals surface area (Å²) in [5.41, 5.74) is 2.92. The van der Waals surface area contributed by atoms with Crippen molar-refractivity contribution in [2.45, 2.75) is 19.3 Å². The molecule has 1 aliphatic rings. The number of carbonyl (C=O) groups excluding carboxylic acids is 2. The Labute approximate surface area is 223 Å². The molecule has 12 heteroatoms. The van der Waals surface area contributed by atoms with Crippen LogP contribution in [0.5, 0.6) is 11.5 Å². The molecule has 206 valence electrons. The van der Waals surface area contributed by atoms with E-state index in [9.17, 15) is 18.0 Å². The number of anilines is 2. The van der Waals surface area contributed by atoms with Crippen molar-refractivity contribution < 1.29 is 27.5 Å². The van der Waals surface area contributed by atoms with Gasteiger partial charge in [-0.2, -0.15) is 0 Å². The fourth-order valence-electron chi connectivity index (χ4n) is 4.13. The highest BCUT2D eigenvalue weighted by Gasteiger charge is 2.35. The molecule has 0 spiro atoms. The molecule has 2 N–H and O–H groups in total. The summed E-state index contributed by atoms with van der Waals surface area (Å²) in [6.45, 7) is 2.63. The summed E-state index contributed by atoms with van der Waals surface area (Å²) in [5, 5.41) is 5.61. The first-order valence-corrected chi connectivity index (χ1v) is 14.0. The summed E-state index contributed by atoms with van der Waals surface area (Å²) >= 11 is 0. The van der Waals surface area contributed by atoms with Crippen LogP contribution in [-0.2, 0) is 19.6 Å². The van der Waals surface area contributed by atoms with Crippen molar-refractivity contribution in [2.24, 2.45) is 4.99 Å². The molecule has 0 fully saturated rings. The minimum Gasteiger partial charge on any atom is -0.493 e. The van der Waals surface area contributed by atoms with Crippen LogP contribution in [0.1, 0.15) is 24.8 Å². The molecular formula is C26H35N5O6S. The van der Waals surface area contributed by atoms with Gasteiger partial charge >= 0.3 is 0 Å². The van der Waals surface area contributed by atoms with Gasteiger partial charge in [0.25, 0.3) is 0 Å². The quantitative estimate of drug-likeness (QED) is 0.392. The molecule has 3 rings (SSSR count). The highest BCUT2D eigenvalue weighted by atomic mass is 32.2. The molecule has 0 saturated heterocycles.